The fourth-order valence-electron chi connectivity index (χ4n) is 3.41. The zero-order valence-electron chi connectivity index (χ0n) is 24.3. The van der Waals surface area contributed by atoms with E-state index in [2.05, 4.69) is 0 Å². The van der Waals surface area contributed by atoms with Gasteiger partial charge in [-0.2, -0.15) is 0 Å². The van der Waals surface area contributed by atoms with Crippen molar-refractivity contribution in [2.24, 2.45) is 0 Å². The van der Waals surface area contributed by atoms with Crippen molar-refractivity contribution in [3.63, 3.8) is 0 Å². The van der Waals surface area contributed by atoms with Gasteiger partial charge in [0.2, 0.25) is 0 Å². The van der Waals surface area contributed by atoms with Gasteiger partial charge in [0.25, 0.3) is 0 Å². The molecule has 37 heavy (non-hydrogen) atoms. The van der Waals surface area contributed by atoms with Gasteiger partial charge in [0, 0.05) is 22.3 Å². The van der Waals surface area contributed by atoms with Gasteiger partial charge in [-0.15, -0.1) is 0 Å². The Balaban J connectivity index is 0.000000682. The summed E-state index contributed by atoms with van der Waals surface area (Å²) in [6.45, 7) is 23.5. The Labute approximate surface area is 233 Å². The van der Waals surface area contributed by atoms with Crippen LogP contribution in [-0.4, -0.2) is 23.1 Å². The second-order valence-corrected chi connectivity index (χ2v) is 12.9. The summed E-state index contributed by atoms with van der Waals surface area (Å²) in [5.74, 6) is -1.59. The van der Waals surface area contributed by atoms with Crippen molar-refractivity contribution in [2.75, 3.05) is 0 Å². The van der Waals surface area contributed by atoms with E-state index >= 15 is 0 Å². The van der Waals surface area contributed by atoms with Gasteiger partial charge in [0.15, 0.2) is 0 Å². The third-order valence-electron chi connectivity index (χ3n) is 4.90. The summed E-state index contributed by atoms with van der Waals surface area (Å²) in [5, 5.41) is 22.4. The maximum absolute atomic E-state index is 11.2. The van der Waals surface area contributed by atoms with Crippen LogP contribution in [0.15, 0.2) is 36.4 Å². The molecule has 0 saturated heterocycles. The zero-order chi connectivity index (χ0) is 28.3. The molecule has 0 spiro atoms. The van der Waals surface area contributed by atoms with E-state index in [1.165, 1.54) is 12.1 Å². The van der Waals surface area contributed by atoms with Crippen LogP contribution in [0, 0.1) is 0 Å². The van der Waals surface area contributed by atoms with Gasteiger partial charge in [-0.1, -0.05) is 65.8 Å². The molecule has 2 rings (SSSR count). The molecule has 0 aromatic heterocycles. The molecular weight excluding hydrogens is 508 g/mol. The summed E-state index contributed by atoms with van der Waals surface area (Å²) in [6.07, 6.45) is 0. The predicted octanol–water partition coefficient (Wildman–Crippen LogP) is 5.05. The Morgan fingerprint density at radius 1 is 0.568 bits per heavy atom. The quantitative estimate of drug-likeness (QED) is 0.529. The number of hydrogen-bond acceptors (Lipinski definition) is 6. The molecule has 0 aliphatic rings. The molecule has 0 N–H and O–H groups in total. The number of carboxylic acids is 2. The summed E-state index contributed by atoms with van der Waals surface area (Å²) in [5.41, 5.74) is 0.683. The minimum atomic E-state index is -1.21. The van der Waals surface area contributed by atoms with Crippen LogP contribution < -0.4 is 19.7 Å². The number of para-hydroxylation sites is 2. The minimum Gasteiger partial charge on any atom is -0.545 e. The van der Waals surface area contributed by atoms with Crippen LogP contribution in [0.25, 0.3) is 0 Å². The minimum absolute atomic E-state index is 0. The summed E-state index contributed by atoms with van der Waals surface area (Å²) in [4.78, 5) is 22.4. The molecule has 0 amide bonds. The summed E-state index contributed by atoms with van der Waals surface area (Å²) in [7, 11) is 0. The van der Waals surface area contributed by atoms with E-state index < -0.39 is 23.1 Å². The van der Waals surface area contributed by atoms with E-state index in [1.807, 2.05) is 95.2 Å². The van der Waals surface area contributed by atoms with Gasteiger partial charge in [0.1, 0.15) is 22.7 Å². The van der Waals surface area contributed by atoms with Crippen molar-refractivity contribution in [1.82, 2.24) is 0 Å². The topological polar surface area (TPSA) is 98.7 Å². The molecule has 0 unspecified atom stereocenters. The van der Waals surface area contributed by atoms with Crippen molar-refractivity contribution in [3.8, 4) is 11.5 Å². The van der Waals surface area contributed by atoms with Gasteiger partial charge in [-0.25, -0.2) is 0 Å². The zero-order valence-corrected chi connectivity index (χ0v) is 25.6. The Morgan fingerprint density at radius 3 is 1.03 bits per heavy atom. The van der Waals surface area contributed by atoms with Crippen molar-refractivity contribution >= 4 is 11.9 Å². The third-order valence-corrected chi connectivity index (χ3v) is 4.90. The predicted molar refractivity (Wildman–Crippen MR) is 140 cm³/mol. The molecule has 0 fully saturated rings. The first-order chi connectivity index (χ1) is 16.0. The SMILES string of the molecule is CC(C)(C)Oc1c(C(=O)[O-])cccc1C(C)(C)C.CC(C)(C)Oc1c(C(=O)[O-])cccc1C(C)(C)C.[Cr+2]. The molecule has 0 aliphatic heterocycles. The molecule has 0 heterocycles. The molecular formula is C30H42CrO6. The largest absolute Gasteiger partial charge is 2.00 e. The molecule has 0 saturated carbocycles. The molecule has 0 atom stereocenters. The van der Waals surface area contributed by atoms with E-state index in [1.54, 1.807) is 12.1 Å². The van der Waals surface area contributed by atoms with E-state index in [-0.39, 0.29) is 39.3 Å². The molecule has 0 radical (unpaired) electrons. The summed E-state index contributed by atoms with van der Waals surface area (Å²) >= 11 is 0. The van der Waals surface area contributed by atoms with Crippen LogP contribution >= 0.6 is 0 Å². The number of carboxylic acid groups (broad SMARTS) is 2. The maximum atomic E-state index is 11.2. The van der Waals surface area contributed by atoms with E-state index in [4.69, 9.17) is 9.47 Å². The summed E-state index contributed by atoms with van der Waals surface area (Å²) in [6, 6.07) is 10.3. The van der Waals surface area contributed by atoms with E-state index in [0.29, 0.717) is 11.5 Å². The first-order valence-corrected chi connectivity index (χ1v) is 12.1. The van der Waals surface area contributed by atoms with Crippen LogP contribution in [0.3, 0.4) is 0 Å². The van der Waals surface area contributed by atoms with Gasteiger partial charge >= 0.3 is 17.4 Å². The number of carbonyl (C=O) groups is 2. The number of carbonyl (C=O) groups excluding carboxylic acids is 2. The molecule has 0 aliphatic carbocycles. The van der Waals surface area contributed by atoms with Crippen molar-refractivity contribution in [3.05, 3.63) is 58.7 Å². The number of benzene rings is 2. The molecule has 7 heteroatoms. The molecule has 0 bridgehead atoms. The van der Waals surface area contributed by atoms with Crippen molar-refractivity contribution in [2.45, 2.75) is 105 Å². The Kier molecular flexibility index (Phi) is 11.5. The fourth-order valence-corrected chi connectivity index (χ4v) is 3.41. The molecule has 2 aromatic carbocycles. The van der Waals surface area contributed by atoms with Crippen molar-refractivity contribution < 1.29 is 46.6 Å². The molecule has 6 nitrogen and oxygen atoms in total. The van der Waals surface area contributed by atoms with Crippen LogP contribution in [0.1, 0.15) is 115 Å². The monoisotopic (exact) mass is 550 g/mol. The summed E-state index contributed by atoms with van der Waals surface area (Å²) < 4.78 is 11.7. The number of rotatable bonds is 4. The number of ether oxygens (including phenoxy) is 2. The third kappa shape index (κ3) is 10.8. The second kappa shape index (κ2) is 12.4. The van der Waals surface area contributed by atoms with Crippen LogP contribution in [0.2, 0.25) is 0 Å². The van der Waals surface area contributed by atoms with Gasteiger partial charge in [0.05, 0.1) is 11.9 Å². The van der Waals surface area contributed by atoms with Gasteiger partial charge in [-0.3, -0.25) is 0 Å². The Hall–Kier alpha value is -2.49. The van der Waals surface area contributed by atoms with Crippen LogP contribution in [0.4, 0.5) is 0 Å². The van der Waals surface area contributed by atoms with E-state index in [9.17, 15) is 19.8 Å². The van der Waals surface area contributed by atoms with Crippen LogP contribution in [0.5, 0.6) is 11.5 Å². The van der Waals surface area contributed by atoms with Crippen LogP contribution in [-0.2, 0) is 28.2 Å². The van der Waals surface area contributed by atoms with E-state index in [0.717, 1.165) is 11.1 Å². The number of hydrogen-bond donors (Lipinski definition) is 0. The first kappa shape index (κ1) is 34.5. The Morgan fingerprint density at radius 2 is 0.838 bits per heavy atom. The average molecular weight is 551 g/mol. The fraction of sp³-hybridized carbons (Fsp3) is 0.533. The molecule has 2 aromatic rings. The maximum Gasteiger partial charge on any atom is 2.00 e. The molecule has 204 valence electrons. The Bertz CT molecular complexity index is 990. The standard InChI is InChI=1S/2C15H22O3.Cr/c2*1-14(2,3)11-9-7-8-10(13(16)17)12(11)18-15(4,5)6;/h2*7-9H,1-6H3,(H,16,17);/q;;+2/p-2. The smallest absolute Gasteiger partial charge is 0.545 e. The average Bonchev–Trinajstić information content (AvgIpc) is 2.64. The van der Waals surface area contributed by atoms with Crippen molar-refractivity contribution in [1.29, 1.82) is 0 Å². The van der Waals surface area contributed by atoms with Gasteiger partial charge < -0.3 is 29.3 Å². The van der Waals surface area contributed by atoms with Gasteiger partial charge in [-0.05, 0) is 64.5 Å². The first-order valence-electron chi connectivity index (χ1n) is 12.1. The second-order valence-electron chi connectivity index (χ2n) is 12.9. The normalized spacial score (nSPS) is 12.0. The number of aromatic carboxylic acids is 2.